The highest BCUT2D eigenvalue weighted by Gasteiger charge is 2.40. The van der Waals surface area contributed by atoms with Gasteiger partial charge < -0.3 is 19.1 Å². The molecule has 7 aromatic carbocycles. The molecular weight excluding hydrogens is 687 g/mol. The number of hydrogen-bond acceptors (Lipinski definition) is 5. The van der Waals surface area contributed by atoms with Crippen LogP contribution in [0.15, 0.2) is 161 Å². The zero-order valence-corrected chi connectivity index (χ0v) is 31.8. The molecule has 3 heterocycles. The average molecular weight is 724 g/mol. The summed E-state index contributed by atoms with van der Waals surface area (Å²) in [6.45, 7) is 9.41. The van der Waals surface area contributed by atoms with Crippen LogP contribution in [0.3, 0.4) is 0 Å². The predicted octanol–water partition coefficient (Wildman–Crippen LogP) is 12.4. The zero-order valence-electron chi connectivity index (χ0n) is 30.0. The SMILES string of the molecule is CC1(C)c2ccccc2Oc2c(N(c3ccc(-c4cccc5c4Sc4ccccc4O5)cc3)c3cccc4c3Oc3ccccc3[Si]4(C)C)cccc21. The lowest BCUT2D eigenvalue weighted by atomic mass is 9.75. The Labute approximate surface area is 315 Å². The topological polar surface area (TPSA) is 30.9 Å². The molecule has 3 aliphatic heterocycles. The Morgan fingerprint density at radius 2 is 1.11 bits per heavy atom. The maximum absolute atomic E-state index is 6.93. The fourth-order valence-electron chi connectivity index (χ4n) is 8.23. The van der Waals surface area contributed by atoms with Gasteiger partial charge in [0.25, 0.3) is 0 Å². The molecule has 6 heteroatoms. The minimum Gasteiger partial charge on any atom is -0.455 e. The van der Waals surface area contributed by atoms with Gasteiger partial charge in [-0.05, 0) is 76.1 Å². The number of hydrogen-bond donors (Lipinski definition) is 0. The van der Waals surface area contributed by atoms with Crippen LogP contribution in [0.4, 0.5) is 17.1 Å². The van der Waals surface area contributed by atoms with Gasteiger partial charge in [-0.25, -0.2) is 0 Å². The molecule has 0 fully saturated rings. The van der Waals surface area contributed by atoms with Crippen molar-refractivity contribution in [2.75, 3.05) is 4.90 Å². The summed E-state index contributed by atoms with van der Waals surface area (Å²) in [5.41, 5.74) is 7.29. The molecule has 0 unspecified atom stereocenters. The first-order valence-corrected chi connectivity index (χ1v) is 21.9. The third-order valence-corrected chi connectivity index (χ3v) is 15.7. The Hall–Kier alpha value is -5.69. The molecule has 7 aromatic rings. The van der Waals surface area contributed by atoms with E-state index in [0.717, 1.165) is 78.0 Å². The van der Waals surface area contributed by atoms with E-state index in [-0.39, 0.29) is 5.41 Å². The molecule has 0 bridgehead atoms. The molecule has 53 heavy (non-hydrogen) atoms. The first-order valence-electron chi connectivity index (χ1n) is 18.1. The molecule has 0 aliphatic carbocycles. The van der Waals surface area contributed by atoms with Crippen molar-refractivity contribution in [3.05, 3.63) is 163 Å². The quantitative estimate of drug-likeness (QED) is 0.169. The van der Waals surface area contributed by atoms with Crippen molar-refractivity contribution >= 4 is 47.3 Å². The van der Waals surface area contributed by atoms with Crippen molar-refractivity contribution in [2.45, 2.75) is 42.1 Å². The summed E-state index contributed by atoms with van der Waals surface area (Å²) in [6, 6.07) is 53.5. The van der Waals surface area contributed by atoms with Crippen LogP contribution in [0.5, 0.6) is 34.5 Å². The molecule has 0 aromatic heterocycles. The lowest BCUT2D eigenvalue weighted by Crippen LogP contribution is -2.56. The molecule has 0 saturated carbocycles. The first kappa shape index (κ1) is 32.0. The van der Waals surface area contributed by atoms with Gasteiger partial charge >= 0.3 is 0 Å². The lowest BCUT2D eigenvalue weighted by molar-refractivity contribution is 0.419. The van der Waals surface area contributed by atoms with Crippen LogP contribution in [-0.2, 0) is 5.41 Å². The van der Waals surface area contributed by atoms with E-state index < -0.39 is 8.07 Å². The Morgan fingerprint density at radius 3 is 1.94 bits per heavy atom. The molecule has 0 amide bonds. The second kappa shape index (κ2) is 11.9. The molecule has 4 nitrogen and oxygen atoms in total. The van der Waals surface area contributed by atoms with Crippen LogP contribution >= 0.6 is 11.8 Å². The number of nitrogens with zero attached hydrogens (tertiary/aromatic N) is 1. The van der Waals surface area contributed by atoms with Crippen molar-refractivity contribution in [2.24, 2.45) is 0 Å². The minimum absolute atomic E-state index is 0.263. The Morgan fingerprint density at radius 1 is 0.509 bits per heavy atom. The van der Waals surface area contributed by atoms with Crippen LogP contribution in [-0.4, -0.2) is 8.07 Å². The number of para-hydroxylation sites is 5. The number of benzene rings is 7. The minimum atomic E-state index is -2.10. The molecular formula is C47H37NO3SSi. The van der Waals surface area contributed by atoms with Crippen molar-refractivity contribution in [1.82, 2.24) is 0 Å². The van der Waals surface area contributed by atoms with E-state index in [2.05, 4.69) is 171 Å². The van der Waals surface area contributed by atoms with Gasteiger partial charge in [0.15, 0.2) is 11.5 Å². The number of anilines is 3. The molecule has 10 rings (SSSR count). The summed E-state index contributed by atoms with van der Waals surface area (Å²) >= 11 is 1.76. The van der Waals surface area contributed by atoms with Gasteiger partial charge in [-0.1, -0.05) is 136 Å². The molecule has 0 atom stereocenters. The highest BCUT2D eigenvalue weighted by atomic mass is 32.2. The van der Waals surface area contributed by atoms with Gasteiger partial charge in [0.05, 0.1) is 21.2 Å². The fourth-order valence-corrected chi connectivity index (χ4v) is 12.1. The van der Waals surface area contributed by atoms with Gasteiger partial charge in [-0.3, -0.25) is 0 Å². The van der Waals surface area contributed by atoms with Gasteiger partial charge in [0.2, 0.25) is 0 Å². The van der Waals surface area contributed by atoms with E-state index in [1.54, 1.807) is 11.8 Å². The standard InChI is InChI=1S/C47H37NO3SSi/c1-47(2)33-15-5-6-19-37(33)50-44-34(47)16-12-17-35(44)48(36-18-13-25-43-45(36)51-39-21-8-10-24-42(39)53(43,3)4)31-28-26-30(27-29-31)32-14-11-22-40-46(32)52-41-23-9-7-20-38(41)49-40/h5-29H,1-4H3. The average Bonchev–Trinajstić information content (AvgIpc) is 3.18. The lowest BCUT2D eigenvalue weighted by Gasteiger charge is -2.39. The smallest absolute Gasteiger partial charge is 0.155 e. The second-order valence-electron chi connectivity index (χ2n) is 14.9. The summed E-state index contributed by atoms with van der Waals surface area (Å²) in [6.07, 6.45) is 0. The molecule has 0 spiro atoms. The maximum atomic E-state index is 6.93. The first-order chi connectivity index (χ1) is 25.8. The third kappa shape index (κ3) is 4.97. The van der Waals surface area contributed by atoms with E-state index >= 15 is 0 Å². The zero-order chi connectivity index (χ0) is 35.9. The third-order valence-electron chi connectivity index (χ3n) is 11.1. The second-order valence-corrected chi connectivity index (χ2v) is 20.3. The number of ether oxygens (including phenoxy) is 3. The molecule has 258 valence electrons. The summed E-state index contributed by atoms with van der Waals surface area (Å²) in [5, 5.41) is 2.59. The largest absolute Gasteiger partial charge is 0.455 e. The van der Waals surface area contributed by atoms with Crippen LogP contribution in [0.25, 0.3) is 11.1 Å². The van der Waals surface area contributed by atoms with Crippen molar-refractivity contribution in [3.8, 4) is 45.6 Å². The monoisotopic (exact) mass is 723 g/mol. The van der Waals surface area contributed by atoms with Crippen LogP contribution in [0.2, 0.25) is 13.1 Å². The molecule has 0 radical (unpaired) electrons. The summed E-state index contributed by atoms with van der Waals surface area (Å²) < 4.78 is 20.2. The van der Waals surface area contributed by atoms with E-state index in [0.29, 0.717) is 0 Å². The normalized spacial score (nSPS) is 15.1. The summed E-state index contributed by atoms with van der Waals surface area (Å²) in [7, 11) is -2.10. The van der Waals surface area contributed by atoms with Gasteiger partial charge in [0, 0.05) is 22.2 Å². The summed E-state index contributed by atoms with van der Waals surface area (Å²) in [4.78, 5) is 4.58. The molecule has 3 aliphatic rings. The highest BCUT2D eigenvalue weighted by Crippen LogP contribution is 2.55. The van der Waals surface area contributed by atoms with E-state index in [4.69, 9.17) is 14.2 Å². The predicted molar refractivity (Wildman–Crippen MR) is 219 cm³/mol. The van der Waals surface area contributed by atoms with Gasteiger partial charge in [-0.2, -0.15) is 0 Å². The van der Waals surface area contributed by atoms with E-state index in [9.17, 15) is 0 Å². The van der Waals surface area contributed by atoms with E-state index in [1.807, 2.05) is 12.1 Å². The maximum Gasteiger partial charge on any atom is 0.155 e. The van der Waals surface area contributed by atoms with Crippen LogP contribution < -0.4 is 29.5 Å². The molecule has 0 N–H and O–H groups in total. The highest BCUT2D eigenvalue weighted by molar-refractivity contribution is 7.99. The van der Waals surface area contributed by atoms with Crippen molar-refractivity contribution in [3.63, 3.8) is 0 Å². The van der Waals surface area contributed by atoms with Crippen molar-refractivity contribution < 1.29 is 14.2 Å². The van der Waals surface area contributed by atoms with Crippen LogP contribution in [0, 0.1) is 0 Å². The number of rotatable bonds is 4. The van der Waals surface area contributed by atoms with Crippen LogP contribution in [0.1, 0.15) is 25.0 Å². The molecule has 0 saturated heterocycles. The Balaban J connectivity index is 1.15. The Bertz CT molecular complexity index is 2490. The fraction of sp³-hybridized carbons (Fsp3) is 0.106. The Kier molecular flexibility index (Phi) is 7.19. The van der Waals surface area contributed by atoms with Gasteiger partial charge in [-0.15, -0.1) is 0 Å². The summed E-state index contributed by atoms with van der Waals surface area (Å²) in [5.74, 6) is 5.37. The number of fused-ring (bicyclic) bond motifs is 6. The van der Waals surface area contributed by atoms with Gasteiger partial charge in [0.1, 0.15) is 31.1 Å². The van der Waals surface area contributed by atoms with Crippen molar-refractivity contribution in [1.29, 1.82) is 0 Å². The van der Waals surface area contributed by atoms with E-state index in [1.165, 1.54) is 15.9 Å².